The second-order valence-electron chi connectivity index (χ2n) is 5.04. The van der Waals surface area contributed by atoms with Gasteiger partial charge in [-0.2, -0.15) is 0 Å². The highest BCUT2D eigenvalue weighted by atomic mass is 35.5. The normalized spacial score (nSPS) is 12.5. The highest BCUT2D eigenvalue weighted by molar-refractivity contribution is 5.85. The van der Waals surface area contributed by atoms with Crippen LogP contribution in [0.15, 0.2) is 18.2 Å². The van der Waals surface area contributed by atoms with Crippen LogP contribution < -0.4 is 14.8 Å². The SMILES string of the molecule is CCN(CC)CCCNCc1ccc2c(c1)OCCO2.Cl.Cl. The summed E-state index contributed by atoms with van der Waals surface area (Å²) in [5.41, 5.74) is 1.25. The molecule has 22 heavy (non-hydrogen) atoms. The van der Waals surface area contributed by atoms with Crippen molar-refractivity contribution >= 4 is 24.8 Å². The van der Waals surface area contributed by atoms with Crippen LogP contribution in [0.2, 0.25) is 0 Å². The van der Waals surface area contributed by atoms with Crippen LogP contribution in [0.4, 0.5) is 0 Å². The summed E-state index contributed by atoms with van der Waals surface area (Å²) in [7, 11) is 0. The van der Waals surface area contributed by atoms with E-state index in [1.165, 1.54) is 18.5 Å². The van der Waals surface area contributed by atoms with Gasteiger partial charge in [-0.15, -0.1) is 24.8 Å². The number of benzene rings is 1. The molecule has 0 radical (unpaired) electrons. The molecule has 0 spiro atoms. The van der Waals surface area contributed by atoms with Crippen molar-refractivity contribution < 1.29 is 9.47 Å². The molecule has 0 saturated carbocycles. The summed E-state index contributed by atoms with van der Waals surface area (Å²) >= 11 is 0. The zero-order valence-corrected chi connectivity index (χ0v) is 15.1. The minimum Gasteiger partial charge on any atom is -0.486 e. The highest BCUT2D eigenvalue weighted by Gasteiger charge is 2.11. The van der Waals surface area contributed by atoms with E-state index in [9.17, 15) is 0 Å². The molecule has 1 aliphatic rings. The highest BCUT2D eigenvalue weighted by Crippen LogP contribution is 2.30. The van der Waals surface area contributed by atoms with Crippen LogP contribution in [-0.2, 0) is 6.54 Å². The van der Waals surface area contributed by atoms with Crippen LogP contribution in [0.5, 0.6) is 11.5 Å². The van der Waals surface area contributed by atoms with Crippen molar-refractivity contribution in [3.8, 4) is 11.5 Å². The number of halogens is 2. The first-order chi connectivity index (χ1) is 9.83. The van der Waals surface area contributed by atoms with Crippen molar-refractivity contribution in [1.82, 2.24) is 10.2 Å². The lowest BCUT2D eigenvalue weighted by molar-refractivity contribution is 0.171. The molecule has 0 bridgehead atoms. The van der Waals surface area contributed by atoms with Crippen LogP contribution in [0.1, 0.15) is 25.8 Å². The Hall–Kier alpha value is -0.680. The van der Waals surface area contributed by atoms with Crippen molar-refractivity contribution in [1.29, 1.82) is 0 Å². The minimum absolute atomic E-state index is 0. The number of fused-ring (bicyclic) bond motifs is 1. The Kier molecular flexibility index (Phi) is 11.5. The summed E-state index contributed by atoms with van der Waals surface area (Å²) in [6.07, 6.45) is 1.19. The van der Waals surface area contributed by atoms with Gasteiger partial charge in [-0.1, -0.05) is 19.9 Å². The number of nitrogens with zero attached hydrogens (tertiary/aromatic N) is 1. The molecular weight excluding hydrogens is 323 g/mol. The summed E-state index contributed by atoms with van der Waals surface area (Å²) < 4.78 is 11.1. The Labute approximate surface area is 146 Å². The monoisotopic (exact) mass is 350 g/mol. The second-order valence-corrected chi connectivity index (χ2v) is 5.04. The molecule has 128 valence electrons. The average Bonchev–Trinajstić information content (AvgIpc) is 2.51. The van der Waals surface area contributed by atoms with Gasteiger partial charge in [0, 0.05) is 6.54 Å². The van der Waals surface area contributed by atoms with E-state index in [1.54, 1.807) is 0 Å². The third-order valence-electron chi connectivity index (χ3n) is 3.66. The Bertz CT molecular complexity index is 415. The molecule has 0 fully saturated rings. The molecule has 0 amide bonds. The van der Waals surface area contributed by atoms with Crippen molar-refractivity contribution in [2.45, 2.75) is 26.8 Å². The lowest BCUT2D eigenvalue weighted by atomic mass is 10.2. The van der Waals surface area contributed by atoms with E-state index in [0.717, 1.165) is 37.7 Å². The fourth-order valence-electron chi connectivity index (χ4n) is 2.40. The molecule has 0 atom stereocenters. The number of ether oxygens (including phenoxy) is 2. The molecule has 1 aliphatic heterocycles. The summed E-state index contributed by atoms with van der Waals surface area (Å²) in [6.45, 7) is 11.1. The summed E-state index contributed by atoms with van der Waals surface area (Å²) in [5, 5.41) is 3.49. The van der Waals surface area contributed by atoms with E-state index in [1.807, 2.05) is 6.07 Å². The Morgan fingerprint density at radius 2 is 1.73 bits per heavy atom. The molecule has 6 heteroatoms. The summed E-state index contributed by atoms with van der Waals surface area (Å²) in [4.78, 5) is 2.45. The molecule has 0 aliphatic carbocycles. The topological polar surface area (TPSA) is 33.7 Å². The van der Waals surface area contributed by atoms with E-state index in [4.69, 9.17) is 9.47 Å². The fraction of sp³-hybridized carbons (Fsp3) is 0.625. The zero-order chi connectivity index (χ0) is 14.2. The van der Waals surface area contributed by atoms with E-state index in [-0.39, 0.29) is 24.8 Å². The molecule has 4 nitrogen and oxygen atoms in total. The number of hydrogen-bond donors (Lipinski definition) is 1. The van der Waals surface area contributed by atoms with E-state index < -0.39 is 0 Å². The van der Waals surface area contributed by atoms with E-state index >= 15 is 0 Å². The minimum atomic E-state index is 0. The predicted octanol–water partition coefficient (Wildman–Crippen LogP) is 3.12. The molecule has 2 rings (SSSR count). The maximum Gasteiger partial charge on any atom is 0.161 e. The summed E-state index contributed by atoms with van der Waals surface area (Å²) in [6, 6.07) is 6.18. The Morgan fingerprint density at radius 3 is 2.41 bits per heavy atom. The van der Waals surface area contributed by atoms with Gasteiger partial charge >= 0.3 is 0 Å². The Morgan fingerprint density at radius 1 is 1.05 bits per heavy atom. The molecule has 1 N–H and O–H groups in total. The largest absolute Gasteiger partial charge is 0.486 e. The quantitative estimate of drug-likeness (QED) is 0.730. The van der Waals surface area contributed by atoms with Crippen LogP contribution in [-0.4, -0.2) is 44.3 Å². The third kappa shape index (κ3) is 6.61. The van der Waals surface area contributed by atoms with Gasteiger partial charge in [0.05, 0.1) is 0 Å². The predicted molar refractivity (Wildman–Crippen MR) is 96.0 cm³/mol. The summed E-state index contributed by atoms with van der Waals surface area (Å²) in [5.74, 6) is 1.74. The molecule has 1 aromatic carbocycles. The number of rotatable bonds is 8. The molecular formula is C16H28Cl2N2O2. The first-order valence-electron chi connectivity index (χ1n) is 7.65. The van der Waals surface area contributed by atoms with Gasteiger partial charge in [-0.3, -0.25) is 0 Å². The van der Waals surface area contributed by atoms with Crippen LogP contribution in [0.25, 0.3) is 0 Å². The smallest absolute Gasteiger partial charge is 0.161 e. The first kappa shape index (κ1) is 21.3. The zero-order valence-electron chi connectivity index (χ0n) is 13.5. The van der Waals surface area contributed by atoms with Crippen molar-refractivity contribution in [3.05, 3.63) is 23.8 Å². The fourth-order valence-corrected chi connectivity index (χ4v) is 2.40. The lowest BCUT2D eigenvalue weighted by Crippen LogP contribution is -2.27. The van der Waals surface area contributed by atoms with Gasteiger partial charge in [-0.25, -0.2) is 0 Å². The lowest BCUT2D eigenvalue weighted by Gasteiger charge is -2.19. The molecule has 1 heterocycles. The molecule has 0 unspecified atom stereocenters. The number of nitrogens with one attached hydrogen (secondary N) is 1. The van der Waals surface area contributed by atoms with Gasteiger partial charge in [0.2, 0.25) is 0 Å². The molecule has 0 saturated heterocycles. The number of hydrogen-bond acceptors (Lipinski definition) is 4. The van der Waals surface area contributed by atoms with Crippen molar-refractivity contribution in [2.75, 3.05) is 39.4 Å². The van der Waals surface area contributed by atoms with Crippen molar-refractivity contribution in [3.63, 3.8) is 0 Å². The standard InChI is InChI=1S/C16H26N2O2.2ClH/c1-3-18(4-2)9-5-8-17-13-14-6-7-15-16(12-14)20-11-10-19-15;;/h6-7,12,17H,3-5,8-11,13H2,1-2H3;2*1H. The molecule has 0 aromatic heterocycles. The van der Waals surface area contributed by atoms with Gasteiger partial charge in [0.15, 0.2) is 11.5 Å². The average molecular weight is 351 g/mol. The van der Waals surface area contributed by atoms with Gasteiger partial charge < -0.3 is 19.7 Å². The van der Waals surface area contributed by atoms with Crippen LogP contribution >= 0.6 is 24.8 Å². The van der Waals surface area contributed by atoms with Gasteiger partial charge in [-0.05, 0) is 50.3 Å². The van der Waals surface area contributed by atoms with E-state index in [0.29, 0.717) is 13.2 Å². The van der Waals surface area contributed by atoms with Gasteiger partial charge in [0.25, 0.3) is 0 Å². The maximum absolute atomic E-state index is 5.59. The second kappa shape index (κ2) is 11.8. The van der Waals surface area contributed by atoms with Crippen LogP contribution in [0, 0.1) is 0 Å². The first-order valence-corrected chi connectivity index (χ1v) is 7.65. The maximum atomic E-state index is 5.59. The third-order valence-corrected chi connectivity index (χ3v) is 3.66. The van der Waals surface area contributed by atoms with Gasteiger partial charge in [0.1, 0.15) is 13.2 Å². The molecule has 1 aromatic rings. The van der Waals surface area contributed by atoms with Crippen molar-refractivity contribution in [2.24, 2.45) is 0 Å². The van der Waals surface area contributed by atoms with E-state index in [2.05, 4.69) is 36.2 Å². The Balaban J connectivity index is 0.00000220. The van der Waals surface area contributed by atoms with Crippen LogP contribution in [0.3, 0.4) is 0 Å².